The first-order chi connectivity index (χ1) is 9.34. The average molecular weight is 275 g/mol. The van der Waals surface area contributed by atoms with Crippen LogP contribution >= 0.6 is 0 Å². The molecule has 20 heavy (non-hydrogen) atoms. The molecule has 3 rings (SSSR count). The molecular weight excluding hydrogens is 253 g/mol. The minimum atomic E-state index is -0.352. The topological polar surface area (TPSA) is 39.7 Å². The van der Waals surface area contributed by atoms with Crippen molar-refractivity contribution >= 4 is 18.3 Å². The van der Waals surface area contributed by atoms with Crippen molar-refractivity contribution in [2.45, 2.75) is 45.3 Å². The van der Waals surface area contributed by atoms with Crippen LogP contribution in [0.3, 0.4) is 0 Å². The molecule has 1 fully saturated rings. The van der Waals surface area contributed by atoms with Crippen molar-refractivity contribution in [3.63, 3.8) is 0 Å². The van der Waals surface area contributed by atoms with Crippen molar-refractivity contribution in [2.24, 2.45) is 0 Å². The van der Waals surface area contributed by atoms with Crippen molar-refractivity contribution in [3.8, 4) is 5.75 Å². The first-order valence-electron chi connectivity index (χ1n) is 7.14. The number of benzene rings is 1. The second-order valence-corrected chi connectivity index (χ2v) is 6.52. The van der Waals surface area contributed by atoms with Crippen molar-refractivity contribution in [2.75, 3.05) is 19.0 Å². The van der Waals surface area contributed by atoms with Crippen LogP contribution in [-0.2, 0) is 15.7 Å². The third kappa shape index (κ3) is 2.00. The summed E-state index contributed by atoms with van der Waals surface area (Å²) < 4.78 is 17.7. The van der Waals surface area contributed by atoms with E-state index in [-0.39, 0.29) is 18.3 Å². The summed E-state index contributed by atoms with van der Waals surface area (Å²) in [5, 5.41) is 3.44. The molecule has 0 saturated carbocycles. The molecule has 0 unspecified atom stereocenters. The molecule has 2 aliphatic heterocycles. The van der Waals surface area contributed by atoms with E-state index in [9.17, 15) is 0 Å². The molecule has 4 nitrogen and oxygen atoms in total. The van der Waals surface area contributed by atoms with Gasteiger partial charge in [0.05, 0.1) is 18.3 Å². The summed E-state index contributed by atoms with van der Waals surface area (Å²) in [5.74, 6) is 0.858. The van der Waals surface area contributed by atoms with Gasteiger partial charge in [-0.2, -0.15) is 0 Å². The first-order valence-corrected chi connectivity index (χ1v) is 7.14. The average Bonchev–Trinajstić information content (AvgIpc) is 2.90. The van der Waals surface area contributed by atoms with Crippen LogP contribution in [0.1, 0.15) is 33.3 Å². The maximum absolute atomic E-state index is 6.16. The van der Waals surface area contributed by atoms with Crippen LogP contribution in [0.25, 0.3) is 0 Å². The quantitative estimate of drug-likeness (QED) is 0.838. The second kappa shape index (κ2) is 4.40. The number of hydrogen-bond donors (Lipinski definition) is 1. The summed E-state index contributed by atoms with van der Waals surface area (Å²) in [7, 11) is 1.34. The van der Waals surface area contributed by atoms with Crippen LogP contribution in [0.2, 0.25) is 0 Å². The van der Waals surface area contributed by atoms with E-state index in [4.69, 9.17) is 14.0 Å². The van der Waals surface area contributed by atoms with Crippen LogP contribution < -0.4 is 15.5 Å². The van der Waals surface area contributed by atoms with Gasteiger partial charge in [0.25, 0.3) is 0 Å². The maximum atomic E-state index is 6.16. The Bertz CT molecular complexity index is 526. The lowest BCUT2D eigenvalue weighted by atomic mass is 9.77. The zero-order valence-corrected chi connectivity index (χ0v) is 12.9. The Balaban J connectivity index is 2.02. The lowest BCUT2D eigenvalue weighted by Crippen LogP contribution is -2.41. The van der Waals surface area contributed by atoms with Gasteiger partial charge in [0, 0.05) is 17.7 Å². The lowest BCUT2D eigenvalue weighted by Gasteiger charge is -2.32. The van der Waals surface area contributed by atoms with Crippen molar-refractivity contribution in [3.05, 3.63) is 17.7 Å². The number of ether oxygens (including phenoxy) is 1. The first kappa shape index (κ1) is 13.8. The number of fused-ring (bicyclic) bond motifs is 1. The molecule has 0 amide bonds. The fraction of sp³-hybridized carbons (Fsp3) is 0.600. The predicted octanol–water partition coefficient (Wildman–Crippen LogP) is 1.96. The molecule has 108 valence electrons. The summed E-state index contributed by atoms with van der Waals surface area (Å²) in [6.07, 6.45) is 1.01. The molecule has 0 bridgehead atoms. The van der Waals surface area contributed by atoms with Gasteiger partial charge in [-0.15, -0.1) is 0 Å². The third-order valence-corrected chi connectivity index (χ3v) is 4.66. The molecule has 2 heterocycles. The zero-order valence-electron chi connectivity index (χ0n) is 12.9. The SMILES string of the molecule is COc1cc2c(c(B3OC(C)(C)C(C)(C)O3)c1)NCC2. The van der Waals surface area contributed by atoms with Crippen LogP contribution in [-0.4, -0.2) is 32.0 Å². The zero-order chi connectivity index (χ0) is 14.5. The summed E-state index contributed by atoms with van der Waals surface area (Å²) in [6, 6.07) is 4.10. The van der Waals surface area contributed by atoms with Gasteiger partial charge < -0.3 is 19.4 Å². The number of anilines is 1. The van der Waals surface area contributed by atoms with Gasteiger partial charge in [-0.25, -0.2) is 0 Å². The fourth-order valence-electron chi connectivity index (χ4n) is 2.71. The Morgan fingerprint density at radius 1 is 1.15 bits per heavy atom. The highest BCUT2D eigenvalue weighted by Crippen LogP contribution is 2.38. The van der Waals surface area contributed by atoms with E-state index in [2.05, 4.69) is 39.1 Å². The molecule has 2 aliphatic rings. The van der Waals surface area contributed by atoms with E-state index < -0.39 is 0 Å². The molecule has 1 aromatic rings. The van der Waals surface area contributed by atoms with Crippen LogP contribution in [0, 0.1) is 0 Å². The predicted molar refractivity (Wildman–Crippen MR) is 80.9 cm³/mol. The van der Waals surface area contributed by atoms with E-state index in [1.807, 2.05) is 6.07 Å². The minimum absolute atomic E-state index is 0.327. The molecule has 5 heteroatoms. The number of rotatable bonds is 2. The highest BCUT2D eigenvalue weighted by molar-refractivity contribution is 6.64. The second-order valence-electron chi connectivity index (χ2n) is 6.52. The van der Waals surface area contributed by atoms with Gasteiger partial charge in [0.2, 0.25) is 0 Å². The van der Waals surface area contributed by atoms with Gasteiger partial charge in [-0.3, -0.25) is 0 Å². The Kier molecular flexibility index (Phi) is 3.03. The van der Waals surface area contributed by atoms with Gasteiger partial charge >= 0.3 is 7.12 Å². The van der Waals surface area contributed by atoms with Gasteiger partial charge in [0.15, 0.2) is 0 Å². The smallest absolute Gasteiger partial charge is 0.497 e. The molecule has 0 radical (unpaired) electrons. The van der Waals surface area contributed by atoms with Crippen LogP contribution in [0.4, 0.5) is 5.69 Å². The van der Waals surface area contributed by atoms with Gasteiger partial charge in [-0.05, 0) is 51.8 Å². The monoisotopic (exact) mass is 275 g/mol. The molecule has 0 spiro atoms. The Hall–Kier alpha value is -1.20. The van der Waals surface area contributed by atoms with Crippen molar-refractivity contribution in [1.82, 2.24) is 0 Å². The van der Waals surface area contributed by atoms with Crippen molar-refractivity contribution in [1.29, 1.82) is 0 Å². The van der Waals surface area contributed by atoms with Crippen molar-refractivity contribution < 1.29 is 14.0 Å². The fourth-order valence-corrected chi connectivity index (χ4v) is 2.71. The van der Waals surface area contributed by atoms with E-state index in [1.165, 1.54) is 5.56 Å². The summed E-state index contributed by atoms with van der Waals surface area (Å²) >= 11 is 0. The van der Waals surface area contributed by atoms with Gasteiger partial charge in [0.1, 0.15) is 5.75 Å². The highest BCUT2D eigenvalue weighted by Gasteiger charge is 2.52. The van der Waals surface area contributed by atoms with Gasteiger partial charge in [-0.1, -0.05) is 0 Å². The van der Waals surface area contributed by atoms with E-state index in [0.29, 0.717) is 0 Å². The number of methoxy groups -OCH3 is 1. The minimum Gasteiger partial charge on any atom is -0.497 e. The van der Waals surface area contributed by atoms with Crippen LogP contribution in [0.5, 0.6) is 5.75 Å². The molecule has 0 atom stereocenters. The molecule has 1 saturated heterocycles. The number of hydrogen-bond acceptors (Lipinski definition) is 4. The highest BCUT2D eigenvalue weighted by atomic mass is 16.7. The summed E-state index contributed by atoms with van der Waals surface area (Å²) in [4.78, 5) is 0. The molecule has 0 aliphatic carbocycles. The maximum Gasteiger partial charge on any atom is 0.497 e. The standard InChI is InChI=1S/C15H22BNO3/c1-14(2)15(3,4)20-16(19-14)12-9-11(18-5)8-10-6-7-17-13(10)12/h8-9,17H,6-7H2,1-5H3. The lowest BCUT2D eigenvalue weighted by molar-refractivity contribution is 0.00578. The normalized spacial score (nSPS) is 22.6. The summed E-state index contributed by atoms with van der Waals surface area (Å²) in [6.45, 7) is 9.23. The van der Waals surface area contributed by atoms with E-state index >= 15 is 0 Å². The largest absolute Gasteiger partial charge is 0.497 e. The van der Waals surface area contributed by atoms with E-state index in [1.54, 1.807) is 7.11 Å². The molecule has 1 aromatic carbocycles. The summed E-state index contributed by atoms with van der Waals surface area (Å²) in [5.41, 5.74) is 2.80. The molecule has 1 N–H and O–H groups in total. The number of nitrogens with one attached hydrogen (secondary N) is 1. The Morgan fingerprint density at radius 2 is 1.80 bits per heavy atom. The van der Waals surface area contributed by atoms with E-state index in [0.717, 1.165) is 29.9 Å². The molecule has 0 aromatic heterocycles. The molecular formula is C15H22BNO3. The van der Waals surface area contributed by atoms with Crippen LogP contribution in [0.15, 0.2) is 12.1 Å². The Labute approximate surface area is 120 Å². The third-order valence-electron chi connectivity index (χ3n) is 4.66. The Morgan fingerprint density at radius 3 is 2.40 bits per heavy atom.